The van der Waals surface area contributed by atoms with Gasteiger partial charge in [-0.3, -0.25) is 10.1 Å². The molecule has 9 nitrogen and oxygen atoms in total. The van der Waals surface area contributed by atoms with Gasteiger partial charge in [-0.15, -0.1) is 0 Å². The molecule has 9 heteroatoms. The summed E-state index contributed by atoms with van der Waals surface area (Å²) in [6, 6.07) is 0. The van der Waals surface area contributed by atoms with Gasteiger partial charge in [-0.25, -0.2) is 0 Å². The first kappa shape index (κ1) is 15.6. The van der Waals surface area contributed by atoms with Crippen molar-refractivity contribution >= 4 is 0 Å². The maximum Gasteiger partial charge on any atom is 0.226 e. The summed E-state index contributed by atoms with van der Waals surface area (Å²) in [6.07, 6.45) is 0. The van der Waals surface area contributed by atoms with E-state index in [4.69, 9.17) is 19.7 Å². The standard InChI is InChI=1S/C8H16N4O5/c9-11-10-1-3-15-5-7-17-8-6-16-4-2-12(13)14/h1-8H2. The zero-order chi connectivity index (χ0) is 12.8. The monoisotopic (exact) mass is 248 g/mol. The molecule has 0 radical (unpaired) electrons. The van der Waals surface area contributed by atoms with Crippen LogP contribution in [0, 0.1) is 10.1 Å². The van der Waals surface area contributed by atoms with Crippen molar-refractivity contribution in [1.29, 1.82) is 0 Å². The minimum absolute atomic E-state index is 0.0963. The second kappa shape index (κ2) is 12.7. The van der Waals surface area contributed by atoms with Crippen LogP contribution in [0.4, 0.5) is 0 Å². The second-order valence-electron chi connectivity index (χ2n) is 2.85. The molecule has 0 saturated heterocycles. The molecule has 0 unspecified atom stereocenters. The fourth-order valence-corrected chi connectivity index (χ4v) is 0.831. The van der Waals surface area contributed by atoms with E-state index in [1.54, 1.807) is 0 Å². The fraction of sp³-hybridized carbons (Fsp3) is 1.00. The fourth-order valence-electron chi connectivity index (χ4n) is 0.831. The third kappa shape index (κ3) is 14.6. The van der Waals surface area contributed by atoms with Crippen LogP contribution in [0.25, 0.3) is 10.4 Å². The van der Waals surface area contributed by atoms with Crippen molar-refractivity contribution < 1.29 is 19.1 Å². The molecule has 0 fully saturated rings. The van der Waals surface area contributed by atoms with Crippen molar-refractivity contribution in [2.75, 3.05) is 52.7 Å². The average Bonchev–Trinajstić information content (AvgIpc) is 2.30. The predicted octanol–water partition coefficient (Wildman–Crippen LogP) is 0.623. The number of hydrogen-bond acceptors (Lipinski definition) is 6. The predicted molar refractivity (Wildman–Crippen MR) is 58.3 cm³/mol. The Bertz CT molecular complexity index is 234. The molecule has 0 aliphatic rings. The highest BCUT2D eigenvalue weighted by Crippen LogP contribution is 1.82. The summed E-state index contributed by atoms with van der Waals surface area (Å²) in [4.78, 5) is 12.1. The molecule has 0 spiro atoms. The van der Waals surface area contributed by atoms with Gasteiger partial charge < -0.3 is 14.2 Å². The Morgan fingerprint density at radius 3 is 2.12 bits per heavy atom. The van der Waals surface area contributed by atoms with Gasteiger partial charge in [-0.05, 0) is 5.53 Å². The van der Waals surface area contributed by atoms with E-state index in [1.807, 2.05) is 0 Å². The van der Waals surface area contributed by atoms with Gasteiger partial charge in [0.15, 0.2) is 0 Å². The van der Waals surface area contributed by atoms with Crippen LogP contribution in [0.15, 0.2) is 5.11 Å². The third-order valence-electron chi connectivity index (χ3n) is 1.56. The highest BCUT2D eigenvalue weighted by molar-refractivity contribution is 4.44. The molecular weight excluding hydrogens is 232 g/mol. The molecular formula is C8H16N4O5. The van der Waals surface area contributed by atoms with E-state index >= 15 is 0 Å². The third-order valence-corrected chi connectivity index (χ3v) is 1.56. The zero-order valence-corrected chi connectivity index (χ0v) is 9.49. The van der Waals surface area contributed by atoms with Crippen molar-refractivity contribution in [3.63, 3.8) is 0 Å². The maximum atomic E-state index is 9.93. The molecule has 0 N–H and O–H groups in total. The molecule has 0 amide bonds. The Kier molecular flexibility index (Phi) is 11.6. The van der Waals surface area contributed by atoms with Crippen molar-refractivity contribution in [2.24, 2.45) is 5.11 Å². The van der Waals surface area contributed by atoms with Gasteiger partial charge in [-0.1, -0.05) is 5.11 Å². The first-order chi connectivity index (χ1) is 8.27. The van der Waals surface area contributed by atoms with E-state index in [9.17, 15) is 10.1 Å². The minimum atomic E-state index is -0.432. The van der Waals surface area contributed by atoms with E-state index in [-0.39, 0.29) is 13.2 Å². The summed E-state index contributed by atoms with van der Waals surface area (Å²) in [7, 11) is 0. The molecule has 17 heavy (non-hydrogen) atoms. The summed E-state index contributed by atoms with van der Waals surface area (Å²) >= 11 is 0. The van der Waals surface area contributed by atoms with Crippen LogP contribution >= 0.6 is 0 Å². The van der Waals surface area contributed by atoms with Crippen LogP contribution in [0.2, 0.25) is 0 Å². The summed E-state index contributed by atoms with van der Waals surface area (Å²) in [6.45, 7) is 2.10. The second-order valence-corrected chi connectivity index (χ2v) is 2.85. The van der Waals surface area contributed by atoms with Crippen molar-refractivity contribution in [1.82, 2.24) is 0 Å². The molecule has 0 aromatic heterocycles. The van der Waals surface area contributed by atoms with Gasteiger partial charge in [0.25, 0.3) is 0 Å². The van der Waals surface area contributed by atoms with Gasteiger partial charge in [0, 0.05) is 16.4 Å². The quantitative estimate of drug-likeness (QED) is 0.125. The number of azide groups is 1. The lowest BCUT2D eigenvalue weighted by molar-refractivity contribution is -0.483. The lowest BCUT2D eigenvalue weighted by Gasteiger charge is -2.04. The summed E-state index contributed by atoms with van der Waals surface area (Å²) < 4.78 is 15.1. The van der Waals surface area contributed by atoms with E-state index in [0.29, 0.717) is 39.6 Å². The Labute approximate surface area is 98.4 Å². The van der Waals surface area contributed by atoms with Gasteiger partial charge in [0.1, 0.15) is 6.61 Å². The molecule has 0 bridgehead atoms. The van der Waals surface area contributed by atoms with Crippen LogP contribution in [-0.2, 0) is 14.2 Å². The average molecular weight is 248 g/mol. The van der Waals surface area contributed by atoms with Crippen LogP contribution in [0.3, 0.4) is 0 Å². The largest absolute Gasteiger partial charge is 0.379 e. The number of hydrogen-bond donors (Lipinski definition) is 0. The summed E-state index contributed by atoms with van der Waals surface area (Å²) in [5.41, 5.74) is 7.97. The van der Waals surface area contributed by atoms with Gasteiger partial charge in [0.2, 0.25) is 6.54 Å². The minimum Gasteiger partial charge on any atom is -0.379 e. The molecule has 0 rings (SSSR count). The molecule has 0 aromatic carbocycles. The Hall–Kier alpha value is -1.41. The zero-order valence-electron chi connectivity index (χ0n) is 9.49. The van der Waals surface area contributed by atoms with E-state index in [2.05, 4.69) is 10.0 Å². The normalized spacial score (nSPS) is 9.88. The van der Waals surface area contributed by atoms with Crippen molar-refractivity contribution in [3.05, 3.63) is 20.6 Å². The Morgan fingerprint density at radius 1 is 1.06 bits per heavy atom. The van der Waals surface area contributed by atoms with Crippen molar-refractivity contribution in [2.45, 2.75) is 0 Å². The molecule has 0 aromatic rings. The molecule has 98 valence electrons. The Morgan fingerprint density at radius 2 is 1.59 bits per heavy atom. The number of nitrogens with zero attached hydrogens (tertiary/aromatic N) is 4. The van der Waals surface area contributed by atoms with Gasteiger partial charge >= 0.3 is 0 Å². The maximum absolute atomic E-state index is 9.93. The summed E-state index contributed by atoms with van der Waals surface area (Å²) in [5, 5.41) is 13.2. The van der Waals surface area contributed by atoms with Crippen LogP contribution in [0.1, 0.15) is 0 Å². The van der Waals surface area contributed by atoms with E-state index in [1.165, 1.54) is 0 Å². The number of nitro groups is 1. The lowest BCUT2D eigenvalue weighted by atomic mass is 10.7. The van der Waals surface area contributed by atoms with E-state index < -0.39 is 4.92 Å². The van der Waals surface area contributed by atoms with Gasteiger partial charge in [-0.2, -0.15) is 0 Å². The van der Waals surface area contributed by atoms with Crippen LogP contribution < -0.4 is 0 Å². The first-order valence-corrected chi connectivity index (χ1v) is 5.13. The van der Waals surface area contributed by atoms with Gasteiger partial charge in [0.05, 0.1) is 33.0 Å². The molecule has 0 saturated carbocycles. The smallest absolute Gasteiger partial charge is 0.226 e. The topological polar surface area (TPSA) is 120 Å². The number of rotatable bonds is 12. The SMILES string of the molecule is [N-]=[N+]=NCCOCCOCCOCC[N+](=O)[O-]. The Balaban J connectivity index is 2.98. The molecule has 0 aliphatic heterocycles. The molecule has 0 heterocycles. The van der Waals surface area contributed by atoms with Crippen molar-refractivity contribution in [3.8, 4) is 0 Å². The number of ether oxygens (including phenoxy) is 3. The summed E-state index contributed by atoms with van der Waals surface area (Å²) in [5.74, 6) is 0. The van der Waals surface area contributed by atoms with Crippen LogP contribution in [-0.4, -0.2) is 57.7 Å². The highest BCUT2D eigenvalue weighted by Gasteiger charge is 1.96. The van der Waals surface area contributed by atoms with E-state index in [0.717, 1.165) is 0 Å². The highest BCUT2D eigenvalue weighted by atomic mass is 16.6. The molecule has 0 aliphatic carbocycles. The molecule has 0 atom stereocenters. The first-order valence-electron chi connectivity index (χ1n) is 5.13. The lowest BCUT2D eigenvalue weighted by Crippen LogP contribution is -2.14. The van der Waals surface area contributed by atoms with Crippen LogP contribution in [0.5, 0.6) is 0 Å².